The van der Waals surface area contributed by atoms with E-state index in [1.54, 1.807) is 0 Å². The molecule has 1 aromatic rings. The fourth-order valence-corrected chi connectivity index (χ4v) is 1.85. The summed E-state index contributed by atoms with van der Waals surface area (Å²) in [5.41, 5.74) is 7.35. The molecule has 0 spiro atoms. The summed E-state index contributed by atoms with van der Waals surface area (Å²) >= 11 is 2.31. The number of hydrogen-bond donors (Lipinski definition) is 1. The van der Waals surface area contributed by atoms with Crippen molar-refractivity contribution in [1.82, 2.24) is 0 Å². The Balaban J connectivity index is 0.00000196. The molecule has 0 radical (unpaired) electrons. The fourth-order valence-electron chi connectivity index (χ4n) is 1.49. The van der Waals surface area contributed by atoms with Crippen LogP contribution in [-0.2, 0) is 0 Å². The molecular formula is C12H19ClIN. The van der Waals surface area contributed by atoms with Gasteiger partial charge in [0.1, 0.15) is 0 Å². The van der Waals surface area contributed by atoms with Gasteiger partial charge in [-0.25, -0.2) is 0 Å². The maximum absolute atomic E-state index is 6.08. The first-order valence-corrected chi connectivity index (χ1v) is 6.33. The molecule has 1 aromatic carbocycles. The summed E-state index contributed by atoms with van der Waals surface area (Å²) in [7, 11) is 0. The van der Waals surface area contributed by atoms with E-state index in [0.29, 0.717) is 0 Å². The van der Waals surface area contributed by atoms with Gasteiger partial charge in [0.2, 0.25) is 0 Å². The lowest BCUT2D eigenvalue weighted by Gasteiger charge is -2.11. The molecule has 1 atom stereocenters. The normalized spacial score (nSPS) is 11.9. The molecule has 3 heteroatoms. The SMILES string of the molecule is CCCCC[C@H](N)c1ccc(I)cc1.Cl. The van der Waals surface area contributed by atoms with E-state index in [1.165, 1.54) is 28.4 Å². The zero-order valence-corrected chi connectivity index (χ0v) is 12.1. The summed E-state index contributed by atoms with van der Waals surface area (Å²) in [6, 6.07) is 8.74. The van der Waals surface area contributed by atoms with Gasteiger partial charge in [-0.1, -0.05) is 38.3 Å². The van der Waals surface area contributed by atoms with Crippen LogP contribution in [0, 0.1) is 3.57 Å². The summed E-state index contributed by atoms with van der Waals surface area (Å²) in [6.45, 7) is 2.22. The summed E-state index contributed by atoms with van der Waals surface area (Å²) in [4.78, 5) is 0. The van der Waals surface area contributed by atoms with Crippen molar-refractivity contribution in [2.45, 2.75) is 38.6 Å². The Morgan fingerprint density at radius 3 is 2.33 bits per heavy atom. The lowest BCUT2D eigenvalue weighted by molar-refractivity contribution is 0.581. The van der Waals surface area contributed by atoms with Crippen molar-refractivity contribution in [3.8, 4) is 0 Å². The smallest absolute Gasteiger partial charge is 0.0294 e. The molecule has 0 aliphatic rings. The molecule has 1 rings (SSSR count). The van der Waals surface area contributed by atoms with Gasteiger partial charge in [0.05, 0.1) is 0 Å². The van der Waals surface area contributed by atoms with Gasteiger partial charge in [0, 0.05) is 9.61 Å². The maximum Gasteiger partial charge on any atom is 0.0294 e. The third kappa shape index (κ3) is 5.73. The van der Waals surface area contributed by atoms with Crippen LogP contribution in [0.25, 0.3) is 0 Å². The molecule has 0 heterocycles. The van der Waals surface area contributed by atoms with Gasteiger partial charge in [-0.05, 0) is 46.7 Å². The monoisotopic (exact) mass is 339 g/mol. The second-order valence-electron chi connectivity index (χ2n) is 3.65. The number of rotatable bonds is 5. The van der Waals surface area contributed by atoms with E-state index in [1.807, 2.05) is 0 Å². The Morgan fingerprint density at radius 2 is 1.80 bits per heavy atom. The molecule has 0 unspecified atom stereocenters. The largest absolute Gasteiger partial charge is 0.324 e. The number of halogens is 2. The zero-order valence-electron chi connectivity index (χ0n) is 9.08. The zero-order chi connectivity index (χ0) is 10.4. The van der Waals surface area contributed by atoms with Crippen LogP contribution in [0.1, 0.15) is 44.2 Å². The quantitative estimate of drug-likeness (QED) is 0.628. The molecule has 0 saturated carbocycles. The second kappa shape index (κ2) is 8.36. The van der Waals surface area contributed by atoms with Gasteiger partial charge >= 0.3 is 0 Å². The Labute approximate surface area is 112 Å². The highest BCUT2D eigenvalue weighted by Gasteiger charge is 2.04. The summed E-state index contributed by atoms with van der Waals surface area (Å²) in [5.74, 6) is 0. The molecule has 2 N–H and O–H groups in total. The molecule has 0 amide bonds. The summed E-state index contributed by atoms with van der Waals surface area (Å²) < 4.78 is 1.27. The number of unbranched alkanes of at least 4 members (excludes halogenated alkanes) is 2. The van der Waals surface area contributed by atoms with E-state index in [2.05, 4.69) is 53.8 Å². The van der Waals surface area contributed by atoms with E-state index >= 15 is 0 Å². The van der Waals surface area contributed by atoms with Crippen LogP contribution in [0.5, 0.6) is 0 Å². The molecule has 15 heavy (non-hydrogen) atoms. The van der Waals surface area contributed by atoms with E-state index in [-0.39, 0.29) is 18.4 Å². The van der Waals surface area contributed by atoms with Crippen molar-refractivity contribution >= 4 is 35.0 Å². The van der Waals surface area contributed by atoms with Crippen LogP contribution < -0.4 is 5.73 Å². The molecule has 1 nitrogen and oxygen atoms in total. The van der Waals surface area contributed by atoms with E-state index in [0.717, 1.165) is 6.42 Å². The minimum atomic E-state index is 0. The molecule has 0 aliphatic heterocycles. The number of benzene rings is 1. The highest BCUT2D eigenvalue weighted by molar-refractivity contribution is 14.1. The highest BCUT2D eigenvalue weighted by Crippen LogP contribution is 2.18. The van der Waals surface area contributed by atoms with Crippen LogP contribution in [-0.4, -0.2) is 0 Å². The average Bonchev–Trinajstić information content (AvgIpc) is 2.19. The highest BCUT2D eigenvalue weighted by atomic mass is 127. The fraction of sp³-hybridized carbons (Fsp3) is 0.500. The first-order chi connectivity index (χ1) is 6.74. The minimum Gasteiger partial charge on any atom is -0.324 e. The van der Waals surface area contributed by atoms with Gasteiger partial charge in [-0.15, -0.1) is 12.4 Å². The predicted molar refractivity (Wildman–Crippen MR) is 77.5 cm³/mol. The standard InChI is InChI=1S/C12H18IN.ClH/c1-2-3-4-5-12(14)10-6-8-11(13)9-7-10;/h6-9,12H,2-5,14H2,1H3;1H/t12-;/m0./s1. The lowest BCUT2D eigenvalue weighted by Crippen LogP contribution is -2.09. The van der Waals surface area contributed by atoms with Gasteiger partial charge in [0.25, 0.3) is 0 Å². The Kier molecular flexibility index (Phi) is 8.47. The van der Waals surface area contributed by atoms with Crippen molar-refractivity contribution in [3.63, 3.8) is 0 Å². The molecule has 0 fully saturated rings. The summed E-state index contributed by atoms with van der Waals surface area (Å²) in [5, 5.41) is 0. The van der Waals surface area contributed by atoms with Crippen molar-refractivity contribution in [3.05, 3.63) is 33.4 Å². The maximum atomic E-state index is 6.08. The van der Waals surface area contributed by atoms with Crippen LogP contribution >= 0.6 is 35.0 Å². The van der Waals surface area contributed by atoms with E-state index in [4.69, 9.17) is 5.73 Å². The predicted octanol–water partition coefficient (Wildman–Crippen LogP) is 4.29. The minimum absolute atomic E-state index is 0. The molecule has 0 aliphatic carbocycles. The molecule has 0 saturated heterocycles. The van der Waals surface area contributed by atoms with Gasteiger partial charge < -0.3 is 5.73 Å². The van der Waals surface area contributed by atoms with Crippen LogP contribution in [0.2, 0.25) is 0 Å². The van der Waals surface area contributed by atoms with Crippen molar-refractivity contribution in [2.24, 2.45) is 5.73 Å². The van der Waals surface area contributed by atoms with Crippen molar-refractivity contribution in [1.29, 1.82) is 0 Å². The van der Waals surface area contributed by atoms with Crippen LogP contribution in [0.3, 0.4) is 0 Å². The van der Waals surface area contributed by atoms with Crippen LogP contribution in [0.15, 0.2) is 24.3 Å². The van der Waals surface area contributed by atoms with Gasteiger partial charge in [-0.2, -0.15) is 0 Å². The Bertz CT molecular complexity index is 261. The van der Waals surface area contributed by atoms with E-state index in [9.17, 15) is 0 Å². The third-order valence-electron chi connectivity index (χ3n) is 2.42. The molecule has 0 aromatic heterocycles. The number of hydrogen-bond acceptors (Lipinski definition) is 1. The lowest BCUT2D eigenvalue weighted by atomic mass is 10.0. The molecule has 0 bridgehead atoms. The third-order valence-corrected chi connectivity index (χ3v) is 3.14. The first-order valence-electron chi connectivity index (χ1n) is 5.25. The molecule has 86 valence electrons. The van der Waals surface area contributed by atoms with Crippen molar-refractivity contribution in [2.75, 3.05) is 0 Å². The van der Waals surface area contributed by atoms with Crippen LogP contribution in [0.4, 0.5) is 0 Å². The van der Waals surface area contributed by atoms with Crippen molar-refractivity contribution < 1.29 is 0 Å². The topological polar surface area (TPSA) is 26.0 Å². The second-order valence-corrected chi connectivity index (χ2v) is 4.90. The molecular weight excluding hydrogens is 320 g/mol. The number of nitrogens with two attached hydrogens (primary N) is 1. The van der Waals surface area contributed by atoms with E-state index < -0.39 is 0 Å². The summed E-state index contributed by atoms with van der Waals surface area (Å²) in [6.07, 6.45) is 4.90. The van der Waals surface area contributed by atoms with Gasteiger partial charge in [0.15, 0.2) is 0 Å². The van der Waals surface area contributed by atoms with Gasteiger partial charge in [-0.3, -0.25) is 0 Å². The first kappa shape index (κ1) is 15.2. The average molecular weight is 340 g/mol. The Morgan fingerprint density at radius 1 is 1.20 bits per heavy atom. The Hall–Kier alpha value is 0.200.